The Morgan fingerprint density at radius 2 is 0.685 bits per heavy atom. The molecule has 2 atom stereocenters. The van der Waals surface area contributed by atoms with Crippen LogP contribution in [0.15, 0.2) is 177 Å². The van der Waals surface area contributed by atoms with Crippen LogP contribution < -0.4 is 44.5 Å². The van der Waals surface area contributed by atoms with Crippen LogP contribution in [0.4, 0.5) is 17.1 Å². The van der Waals surface area contributed by atoms with Gasteiger partial charge in [-0.25, -0.2) is 42.5 Å². The number of imide groups is 2. The fourth-order valence-electron chi connectivity index (χ4n) is 15.8. The van der Waals surface area contributed by atoms with Crippen molar-refractivity contribution < 1.29 is 101 Å². The van der Waals surface area contributed by atoms with E-state index in [0.29, 0.717) is 137 Å². The van der Waals surface area contributed by atoms with Gasteiger partial charge in [-0.1, -0.05) is 0 Å². The Morgan fingerprint density at radius 1 is 0.371 bits per heavy atom. The van der Waals surface area contributed by atoms with Crippen LogP contribution in [0.5, 0.6) is 0 Å². The predicted molar refractivity (Wildman–Crippen MR) is 459 cm³/mol. The quantitative estimate of drug-likeness (QED) is 0.0397. The number of hydrogen-bond donors (Lipinski definition) is 4. The summed E-state index contributed by atoms with van der Waals surface area (Å²) in [6, 6.07) is 44.9. The molecular formula is C93H89N10O21+3. The molecule has 0 spiro atoms. The SMILES string of the molecule is CN(C)c1ccc2c(-c3cc(C(=O)N4CCCC4C(=O)O)ccc3C(=O)O)c3ccc(=[N+](C)C)cc-3oc2c1.CN(C)c1ccc2c(-c3cc(C(=O)N4CCCC4C(=O)ON4C(=O)CCC4=O)ccc3C(=O)O)c3ccc(=[N+](C)C)cc-3oc2c1.CN(C)c1ccc2c(-c3cc(C(=O)ON4C(=O)CCC4=O)ccc3C(=O)O)c3ccc(=[N+](C)C)cc-3oc2c1. The van der Waals surface area contributed by atoms with E-state index in [4.69, 9.17) is 22.9 Å². The molecule has 16 rings (SSSR count). The number of hydrogen-bond acceptors (Lipinski definition) is 20. The van der Waals surface area contributed by atoms with Crippen molar-refractivity contribution in [1.29, 1.82) is 0 Å². The number of carboxylic acids is 4. The van der Waals surface area contributed by atoms with Crippen molar-refractivity contribution in [1.82, 2.24) is 33.7 Å². The Kier molecular flexibility index (Phi) is 23.7. The van der Waals surface area contributed by atoms with Crippen molar-refractivity contribution in [2.75, 3.05) is 112 Å². The van der Waals surface area contributed by atoms with E-state index in [1.54, 1.807) is 6.07 Å². The van der Waals surface area contributed by atoms with E-state index in [1.807, 2.05) is 222 Å². The molecule has 634 valence electrons. The molecule has 0 radical (unpaired) electrons. The van der Waals surface area contributed by atoms with Crippen LogP contribution in [0.3, 0.4) is 0 Å². The van der Waals surface area contributed by atoms with Crippen molar-refractivity contribution in [2.24, 2.45) is 0 Å². The molecule has 2 unspecified atom stereocenters. The highest BCUT2D eigenvalue weighted by Crippen LogP contribution is 2.47. The summed E-state index contributed by atoms with van der Waals surface area (Å²) in [5.41, 5.74) is 9.39. The third-order valence-corrected chi connectivity index (χ3v) is 22.4. The average molecular weight is 1680 g/mol. The molecule has 4 N–H and O–H groups in total. The highest BCUT2D eigenvalue weighted by molar-refractivity contribution is 6.14. The van der Waals surface area contributed by atoms with Gasteiger partial charge in [-0.15, -0.1) is 10.1 Å². The summed E-state index contributed by atoms with van der Waals surface area (Å²) in [4.78, 5) is 169. The Bertz CT molecular complexity index is 6620. The number of benzene rings is 9. The summed E-state index contributed by atoms with van der Waals surface area (Å²) in [5.74, 6) is -8.09. The summed E-state index contributed by atoms with van der Waals surface area (Å²) >= 11 is 0. The number of aliphatic carboxylic acids is 1. The minimum atomic E-state index is -1.19. The van der Waals surface area contributed by atoms with Crippen LogP contribution in [0.25, 0.3) is 100 Å². The second kappa shape index (κ2) is 34.5. The summed E-state index contributed by atoms with van der Waals surface area (Å²) in [6.45, 7) is 0.579. The molecule has 6 amide bonds. The van der Waals surface area contributed by atoms with Crippen LogP contribution in [-0.4, -0.2) is 221 Å². The molecule has 0 aromatic heterocycles. The number of anilines is 3. The summed E-state index contributed by atoms with van der Waals surface area (Å²) in [7, 11) is 23.0. The van der Waals surface area contributed by atoms with Crippen LogP contribution in [0.2, 0.25) is 0 Å². The van der Waals surface area contributed by atoms with E-state index >= 15 is 0 Å². The number of carbonyl (C=O) groups excluding carboxylic acids is 8. The molecule has 31 heteroatoms. The van der Waals surface area contributed by atoms with Crippen LogP contribution in [0.1, 0.15) is 114 Å². The Balaban J connectivity index is 0.000000152. The Labute approximate surface area is 708 Å². The zero-order chi connectivity index (χ0) is 88.9. The lowest BCUT2D eigenvalue weighted by Gasteiger charge is -2.25. The lowest BCUT2D eigenvalue weighted by molar-refractivity contribution is -0.200. The summed E-state index contributed by atoms with van der Waals surface area (Å²) in [6.07, 6.45) is 1.63. The number of aromatic carboxylic acids is 3. The van der Waals surface area contributed by atoms with Gasteiger partial charge in [-0.2, -0.15) is 0 Å². The first kappa shape index (κ1) is 85.3. The molecule has 0 bridgehead atoms. The largest absolute Gasteiger partial charge is 0.480 e. The molecular weight excluding hydrogens is 1590 g/mol. The minimum absolute atomic E-state index is 0.0119. The molecule has 3 aliphatic carbocycles. The molecule has 6 aromatic carbocycles. The van der Waals surface area contributed by atoms with Gasteiger partial charge in [0, 0.05) is 195 Å². The first-order valence-electron chi connectivity index (χ1n) is 39.7. The van der Waals surface area contributed by atoms with E-state index in [0.717, 1.165) is 33.1 Å². The number of hydroxylamine groups is 4. The fraction of sp³-hybridized carbons (Fsp3) is 0.258. The van der Waals surface area contributed by atoms with Crippen LogP contribution in [0, 0.1) is 0 Å². The first-order chi connectivity index (χ1) is 59.0. The van der Waals surface area contributed by atoms with Crippen molar-refractivity contribution in [2.45, 2.75) is 63.5 Å². The number of rotatable bonds is 16. The highest BCUT2D eigenvalue weighted by atomic mass is 16.7. The summed E-state index contributed by atoms with van der Waals surface area (Å²) in [5, 5.41) is 45.7. The van der Waals surface area contributed by atoms with E-state index in [9.17, 15) is 78.0 Å². The van der Waals surface area contributed by atoms with Crippen molar-refractivity contribution in [3.63, 3.8) is 0 Å². The van der Waals surface area contributed by atoms with E-state index in [-0.39, 0.29) is 71.2 Å². The third kappa shape index (κ3) is 16.7. The highest BCUT2D eigenvalue weighted by Gasteiger charge is 2.42. The molecule has 7 aliphatic heterocycles. The molecule has 7 heterocycles. The molecule has 4 saturated heterocycles. The molecule has 6 aromatic rings. The van der Waals surface area contributed by atoms with Crippen LogP contribution in [-0.2, 0) is 38.4 Å². The third-order valence-electron chi connectivity index (χ3n) is 22.4. The van der Waals surface area contributed by atoms with E-state index in [1.165, 1.54) is 58.3 Å². The lowest BCUT2D eigenvalue weighted by atomic mass is 9.89. The number of carbonyl (C=O) groups is 12. The normalized spacial score (nSPS) is 15.0. The van der Waals surface area contributed by atoms with Gasteiger partial charge in [0.05, 0.1) is 40.5 Å². The van der Waals surface area contributed by atoms with Crippen molar-refractivity contribution >= 4 is 121 Å². The van der Waals surface area contributed by atoms with E-state index in [2.05, 4.69) is 0 Å². The maximum atomic E-state index is 14.0. The lowest BCUT2D eigenvalue weighted by Crippen LogP contribution is -2.44. The number of carboxylic acid groups (broad SMARTS) is 4. The average Bonchev–Trinajstić information content (AvgIpc) is 1.13. The van der Waals surface area contributed by atoms with Gasteiger partial charge < -0.3 is 67.9 Å². The van der Waals surface area contributed by atoms with E-state index < -0.39 is 83.3 Å². The smallest absolute Gasteiger partial charge is 0.363 e. The van der Waals surface area contributed by atoms with Gasteiger partial charge in [0.1, 0.15) is 88.4 Å². The van der Waals surface area contributed by atoms with Crippen molar-refractivity contribution in [3.8, 4) is 67.4 Å². The molecule has 10 aliphatic rings. The molecule has 31 nitrogen and oxygen atoms in total. The molecule has 0 saturated carbocycles. The van der Waals surface area contributed by atoms with Crippen molar-refractivity contribution in [3.05, 3.63) is 213 Å². The minimum Gasteiger partial charge on any atom is -0.480 e. The Morgan fingerprint density at radius 3 is 1.01 bits per heavy atom. The topological polar surface area (TPSA) is 375 Å². The standard InChI is InChI=1S/C34H32N4O8.C30H29N3O6.C29H25N3O7/c1-35(2)20-8-11-23-27(17-20)45-28-18-21(36(3)4)9-12-24(28)31(23)25-16-19(7-10-22(25)33(42)43)32(41)37-15-5-6-26(37)34(44)46-38-29(39)13-14-30(38)40;1-31(2)18-8-11-21-25(15-18)39-26-16-19(32(3)4)9-12-22(26)27(21)23-14-17(7-10-20(23)29(35)36)28(34)33-13-5-6-24(33)30(37)38;1-30(2)17-6-9-20-23(14-17)38-24-15-18(31(3)4)7-10-21(24)27(20)22-13-16(5-8-19(22)28(35)36)29(37)39-32-25(33)11-12-26(32)34/h7-12,16-18,26H,5-6,13-15H2,1-4H3;7-12,14-16,24H,5-6,13H2,1-4H3,(H-,35,36,37,38);5-10,13-15H,11-12H2,1-4H3/p+3. The van der Waals surface area contributed by atoms with Gasteiger partial charge in [0.15, 0.2) is 0 Å². The monoisotopic (exact) mass is 1680 g/mol. The zero-order valence-corrected chi connectivity index (χ0v) is 70.0. The molecule has 4 fully saturated rings. The second-order valence-electron chi connectivity index (χ2n) is 31.7. The number of nitrogens with zero attached hydrogens (tertiary/aromatic N) is 10. The predicted octanol–water partition coefficient (Wildman–Crippen LogP) is 10.1. The Hall–Kier alpha value is -15.2. The fourth-order valence-corrected chi connectivity index (χ4v) is 15.8. The van der Waals surface area contributed by atoms with Gasteiger partial charge in [0.25, 0.3) is 35.4 Å². The van der Waals surface area contributed by atoms with Crippen LogP contribution >= 0.6 is 0 Å². The second-order valence-corrected chi connectivity index (χ2v) is 31.7. The van der Waals surface area contributed by atoms with Gasteiger partial charge in [-0.3, -0.25) is 28.8 Å². The van der Waals surface area contributed by atoms with Gasteiger partial charge >= 0.3 is 35.8 Å². The maximum Gasteiger partial charge on any atom is 0.363 e. The first-order valence-corrected chi connectivity index (χ1v) is 39.7. The number of likely N-dealkylation sites (tertiary alicyclic amines) is 2. The zero-order valence-electron chi connectivity index (χ0n) is 70.0. The van der Waals surface area contributed by atoms with Gasteiger partial charge in [-0.05, 0) is 152 Å². The number of fused-ring (bicyclic) bond motifs is 6. The maximum absolute atomic E-state index is 14.0. The summed E-state index contributed by atoms with van der Waals surface area (Å²) < 4.78 is 24.8. The number of amides is 6. The molecule has 124 heavy (non-hydrogen) atoms. The van der Waals surface area contributed by atoms with Gasteiger partial charge in [0.2, 0.25) is 16.1 Å².